The Hall–Kier alpha value is -1.89. The normalized spacial score (nSPS) is 18.1. The fourth-order valence-corrected chi connectivity index (χ4v) is 2.07. The number of rotatable bonds is 3. The number of nitrogens with two attached hydrogens (primary N) is 1. The SMILES string of the molecule is CCN1CCN(c2nccnc2C(N)=NO)CC1. The van der Waals surface area contributed by atoms with Crippen LogP contribution in [0.4, 0.5) is 5.82 Å². The lowest BCUT2D eigenvalue weighted by Crippen LogP contribution is -2.47. The Kier molecular flexibility index (Phi) is 3.93. The maximum atomic E-state index is 8.76. The van der Waals surface area contributed by atoms with Crippen molar-refractivity contribution in [2.45, 2.75) is 6.92 Å². The Morgan fingerprint density at radius 2 is 2.00 bits per heavy atom. The average Bonchev–Trinajstić information content (AvgIpc) is 2.46. The highest BCUT2D eigenvalue weighted by atomic mass is 16.4. The Morgan fingerprint density at radius 3 is 2.61 bits per heavy atom. The van der Waals surface area contributed by atoms with Gasteiger partial charge in [0.25, 0.3) is 0 Å². The van der Waals surface area contributed by atoms with E-state index < -0.39 is 0 Å². The summed E-state index contributed by atoms with van der Waals surface area (Å²) in [5.74, 6) is 0.680. The maximum absolute atomic E-state index is 8.76. The first-order valence-electron chi connectivity index (χ1n) is 6.02. The number of anilines is 1. The van der Waals surface area contributed by atoms with Crippen LogP contribution in [-0.2, 0) is 0 Å². The van der Waals surface area contributed by atoms with Gasteiger partial charge < -0.3 is 20.7 Å². The van der Waals surface area contributed by atoms with Crippen LogP contribution in [0.2, 0.25) is 0 Å². The van der Waals surface area contributed by atoms with Crippen molar-refractivity contribution in [3.63, 3.8) is 0 Å². The molecule has 7 heteroatoms. The molecule has 3 N–H and O–H groups in total. The van der Waals surface area contributed by atoms with Gasteiger partial charge in [0.1, 0.15) is 0 Å². The van der Waals surface area contributed by atoms with Crippen LogP contribution in [0.25, 0.3) is 0 Å². The molecule has 1 saturated heterocycles. The lowest BCUT2D eigenvalue weighted by molar-refractivity contribution is 0.270. The van der Waals surface area contributed by atoms with E-state index in [4.69, 9.17) is 10.9 Å². The van der Waals surface area contributed by atoms with Crippen LogP contribution in [0.15, 0.2) is 17.5 Å². The molecule has 0 unspecified atom stereocenters. The zero-order valence-corrected chi connectivity index (χ0v) is 10.5. The van der Waals surface area contributed by atoms with E-state index in [9.17, 15) is 0 Å². The second-order valence-electron chi connectivity index (χ2n) is 4.14. The Bertz CT molecular complexity index is 427. The smallest absolute Gasteiger partial charge is 0.192 e. The van der Waals surface area contributed by atoms with Gasteiger partial charge in [0.05, 0.1) is 0 Å². The lowest BCUT2D eigenvalue weighted by atomic mass is 10.2. The fraction of sp³-hybridized carbons (Fsp3) is 0.545. The lowest BCUT2D eigenvalue weighted by Gasteiger charge is -2.35. The minimum atomic E-state index is -0.00368. The van der Waals surface area contributed by atoms with E-state index in [1.807, 2.05) is 0 Å². The molecule has 1 aliphatic rings. The van der Waals surface area contributed by atoms with Crippen LogP contribution in [0.3, 0.4) is 0 Å². The number of piperazine rings is 1. The molecule has 1 fully saturated rings. The molecule has 2 rings (SSSR count). The van der Waals surface area contributed by atoms with Crippen LogP contribution >= 0.6 is 0 Å². The van der Waals surface area contributed by atoms with Crippen molar-refractivity contribution in [1.29, 1.82) is 0 Å². The minimum Gasteiger partial charge on any atom is -0.409 e. The number of amidine groups is 1. The molecule has 18 heavy (non-hydrogen) atoms. The second-order valence-corrected chi connectivity index (χ2v) is 4.14. The van der Waals surface area contributed by atoms with E-state index in [1.54, 1.807) is 12.4 Å². The Morgan fingerprint density at radius 1 is 1.33 bits per heavy atom. The van der Waals surface area contributed by atoms with Crippen LogP contribution in [0, 0.1) is 0 Å². The van der Waals surface area contributed by atoms with E-state index in [0.717, 1.165) is 32.7 Å². The Labute approximate surface area is 106 Å². The molecule has 0 amide bonds. The monoisotopic (exact) mass is 250 g/mol. The highest BCUT2D eigenvalue weighted by Gasteiger charge is 2.21. The first-order valence-corrected chi connectivity index (χ1v) is 6.02. The molecule has 1 aromatic rings. The van der Waals surface area contributed by atoms with Gasteiger partial charge in [-0.1, -0.05) is 12.1 Å². The van der Waals surface area contributed by atoms with Crippen molar-refractivity contribution >= 4 is 11.7 Å². The number of likely N-dealkylation sites (N-methyl/N-ethyl adjacent to an activating group) is 1. The number of nitrogens with zero attached hydrogens (tertiary/aromatic N) is 5. The highest BCUT2D eigenvalue weighted by Crippen LogP contribution is 2.16. The standard InChI is InChI=1S/C11H18N6O/c1-2-16-5-7-17(8-6-16)11-9(10(12)15-18)13-3-4-14-11/h3-4,18H,2,5-8H2,1H3,(H2,12,15). The summed E-state index contributed by atoms with van der Waals surface area (Å²) >= 11 is 0. The second kappa shape index (κ2) is 5.63. The van der Waals surface area contributed by atoms with Crippen LogP contribution in [-0.4, -0.2) is 58.6 Å². The molecule has 7 nitrogen and oxygen atoms in total. The van der Waals surface area contributed by atoms with E-state index in [-0.39, 0.29) is 5.84 Å². The summed E-state index contributed by atoms with van der Waals surface area (Å²) in [4.78, 5) is 12.9. The summed E-state index contributed by atoms with van der Waals surface area (Å²) in [7, 11) is 0. The van der Waals surface area contributed by atoms with Gasteiger partial charge in [-0.3, -0.25) is 0 Å². The topological polar surface area (TPSA) is 90.9 Å². The quantitative estimate of drug-likeness (QED) is 0.332. The summed E-state index contributed by atoms with van der Waals surface area (Å²) in [5, 5.41) is 11.8. The third-order valence-electron chi connectivity index (χ3n) is 3.15. The van der Waals surface area contributed by atoms with Crippen LogP contribution < -0.4 is 10.6 Å². The van der Waals surface area contributed by atoms with Crippen molar-refractivity contribution in [2.75, 3.05) is 37.6 Å². The molecule has 0 saturated carbocycles. The first kappa shape index (κ1) is 12.6. The van der Waals surface area contributed by atoms with Gasteiger partial charge >= 0.3 is 0 Å². The highest BCUT2D eigenvalue weighted by molar-refractivity contribution is 5.99. The van der Waals surface area contributed by atoms with E-state index in [1.165, 1.54) is 0 Å². The third kappa shape index (κ3) is 2.51. The van der Waals surface area contributed by atoms with Crippen LogP contribution in [0.5, 0.6) is 0 Å². The molecule has 1 aromatic heterocycles. The molecule has 0 aliphatic carbocycles. The first-order chi connectivity index (χ1) is 8.76. The van der Waals surface area contributed by atoms with Gasteiger partial charge in [0.2, 0.25) is 0 Å². The molecular weight excluding hydrogens is 232 g/mol. The van der Waals surface area contributed by atoms with Crippen molar-refractivity contribution in [2.24, 2.45) is 10.9 Å². The predicted molar refractivity (Wildman–Crippen MR) is 68.9 cm³/mol. The number of hydrogen-bond acceptors (Lipinski definition) is 6. The molecule has 0 spiro atoms. The number of oxime groups is 1. The maximum Gasteiger partial charge on any atom is 0.192 e. The molecule has 98 valence electrons. The zero-order chi connectivity index (χ0) is 13.0. The fourth-order valence-electron chi connectivity index (χ4n) is 2.07. The van der Waals surface area contributed by atoms with Crippen molar-refractivity contribution in [3.8, 4) is 0 Å². The summed E-state index contributed by atoms with van der Waals surface area (Å²) in [6.07, 6.45) is 3.16. The molecule has 0 aromatic carbocycles. The van der Waals surface area contributed by atoms with Gasteiger partial charge in [0.15, 0.2) is 17.3 Å². The van der Waals surface area contributed by atoms with Gasteiger partial charge in [-0.15, -0.1) is 0 Å². The summed E-state index contributed by atoms with van der Waals surface area (Å²) in [6, 6.07) is 0. The summed E-state index contributed by atoms with van der Waals surface area (Å²) in [6.45, 7) is 6.93. The molecule has 2 heterocycles. The van der Waals surface area contributed by atoms with E-state index in [2.05, 4.69) is 31.8 Å². The van der Waals surface area contributed by atoms with E-state index >= 15 is 0 Å². The Balaban J connectivity index is 2.19. The van der Waals surface area contributed by atoms with Crippen LogP contribution in [0.1, 0.15) is 12.6 Å². The largest absolute Gasteiger partial charge is 0.409 e. The van der Waals surface area contributed by atoms with Crippen molar-refractivity contribution < 1.29 is 5.21 Å². The number of aromatic nitrogens is 2. The van der Waals surface area contributed by atoms with Gasteiger partial charge in [-0.25, -0.2) is 9.97 Å². The number of hydrogen-bond donors (Lipinski definition) is 2. The molecular formula is C11H18N6O. The molecule has 0 bridgehead atoms. The van der Waals surface area contributed by atoms with Gasteiger partial charge in [0, 0.05) is 38.6 Å². The zero-order valence-electron chi connectivity index (χ0n) is 10.5. The minimum absolute atomic E-state index is 0.00368. The predicted octanol–water partition coefficient (Wildman–Crippen LogP) is -0.287. The summed E-state index contributed by atoms with van der Waals surface area (Å²) < 4.78 is 0. The third-order valence-corrected chi connectivity index (χ3v) is 3.15. The molecule has 1 aliphatic heterocycles. The summed E-state index contributed by atoms with van der Waals surface area (Å²) in [5.41, 5.74) is 6.05. The molecule has 0 atom stereocenters. The van der Waals surface area contributed by atoms with E-state index in [0.29, 0.717) is 11.5 Å². The van der Waals surface area contributed by atoms with Gasteiger partial charge in [-0.2, -0.15) is 0 Å². The molecule has 0 radical (unpaired) electrons. The van der Waals surface area contributed by atoms with Gasteiger partial charge in [-0.05, 0) is 6.54 Å². The van der Waals surface area contributed by atoms with Crippen molar-refractivity contribution in [3.05, 3.63) is 18.1 Å². The van der Waals surface area contributed by atoms with Crippen molar-refractivity contribution in [1.82, 2.24) is 14.9 Å². The average molecular weight is 250 g/mol.